The van der Waals surface area contributed by atoms with Crippen molar-refractivity contribution in [2.45, 2.75) is 38.3 Å². The van der Waals surface area contributed by atoms with Crippen LogP contribution in [-0.2, 0) is 9.53 Å². The molecule has 1 fully saturated rings. The summed E-state index contributed by atoms with van der Waals surface area (Å²) in [4.78, 5) is 11.9. The third-order valence-corrected chi connectivity index (χ3v) is 3.30. The molecule has 0 spiro atoms. The average molecular weight is 293 g/mol. The molecule has 116 valence electrons. The average Bonchev–Trinajstić information content (AvgIpc) is 3.31. The SMILES string of the molecule is CCOC(=O)C(CCOc1cccc(OC)c1)NC1CC1. The summed E-state index contributed by atoms with van der Waals surface area (Å²) >= 11 is 0. The molecule has 1 N–H and O–H groups in total. The molecule has 21 heavy (non-hydrogen) atoms. The number of hydrogen-bond donors (Lipinski definition) is 1. The number of benzene rings is 1. The summed E-state index contributed by atoms with van der Waals surface area (Å²) in [7, 11) is 1.62. The van der Waals surface area contributed by atoms with Gasteiger partial charge in [-0.05, 0) is 31.9 Å². The highest BCUT2D eigenvalue weighted by Crippen LogP contribution is 2.21. The predicted octanol–water partition coefficient (Wildman–Crippen LogP) is 2.15. The first-order valence-corrected chi connectivity index (χ1v) is 7.42. The summed E-state index contributed by atoms with van der Waals surface area (Å²) in [5, 5.41) is 3.31. The number of methoxy groups -OCH3 is 1. The van der Waals surface area contributed by atoms with E-state index in [1.54, 1.807) is 7.11 Å². The van der Waals surface area contributed by atoms with Crippen LogP contribution in [0.2, 0.25) is 0 Å². The molecule has 1 atom stereocenters. The number of rotatable bonds is 9. The molecule has 0 heterocycles. The Bertz CT molecular complexity index is 459. The summed E-state index contributed by atoms with van der Waals surface area (Å²) in [6.07, 6.45) is 2.85. The van der Waals surface area contributed by atoms with E-state index in [0.29, 0.717) is 25.7 Å². The fraction of sp³-hybridized carbons (Fsp3) is 0.562. The normalized spacial score (nSPS) is 15.3. The molecule has 1 unspecified atom stereocenters. The highest BCUT2D eigenvalue weighted by molar-refractivity contribution is 5.75. The Morgan fingerprint density at radius 3 is 2.81 bits per heavy atom. The quantitative estimate of drug-likeness (QED) is 0.707. The molecule has 0 amide bonds. The van der Waals surface area contributed by atoms with Gasteiger partial charge in [0.1, 0.15) is 17.5 Å². The molecule has 5 heteroatoms. The zero-order chi connectivity index (χ0) is 15.1. The molecule has 0 radical (unpaired) electrons. The van der Waals surface area contributed by atoms with Crippen molar-refractivity contribution in [1.29, 1.82) is 0 Å². The first kappa shape index (κ1) is 15.6. The molecule has 2 rings (SSSR count). The second-order valence-electron chi connectivity index (χ2n) is 5.06. The fourth-order valence-electron chi connectivity index (χ4n) is 2.03. The summed E-state index contributed by atoms with van der Waals surface area (Å²) in [5.41, 5.74) is 0. The number of nitrogens with one attached hydrogen (secondary N) is 1. The van der Waals surface area contributed by atoms with Gasteiger partial charge in [-0.1, -0.05) is 6.07 Å². The van der Waals surface area contributed by atoms with Gasteiger partial charge >= 0.3 is 5.97 Å². The highest BCUT2D eigenvalue weighted by Gasteiger charge is 2.29. The second kappa shape index (κ2) is 7.88. The molecule has 0 saturated heterocycles. The van der Waals surface area contributed by atoms with E-state index in [9.17, 15) is 4.79 Å². The van der Waals surface area contributed by atoms with Crippen molar-refractivity contribution in [1.82, 2.24) is 5.32 Å². The maximum Gasteiger partial charge on any atom is 0.323 e. The monoisotopic (exact) mass is 293 g/mol. The largest absolute Gasteiger partial charge is 0.497 e. The van der Waals surface area contributed by atoms with Gasteiger partial charge in [0.05, 0.1) is 20.3 Å². The lowest BCUT2D eigenvalue weighted by molar-refractivity contribution is -0.146. The van der Waals surface area contributed by atoms with Gasteiger partial charge in [0.15, 0.2) is 0 Å². The smallest absolute Gasteiger partial charge is 0.323 e. The summed E-state index contributed by atoms with van der Waals surface area (Å²) in [6, 6.07) is 7.60. The van der Waals surface area contributed by atoms with E-state index in [4.69, 9.17) is 14.2 Å². The Morgan fingerprint density at radius 2 is 2.14 bits per heavy atom. The van der Waals surface area contributed by atoms with Crippen LogP contribution in [0.1, 0.15) is 26.2 Å². The van der Waals surface area contributed by atoms with Crippen LogP contribution in [0.5, 0.6) is 11.5 Å². The van der Waals surface area contributed by atoms with Crippen LogP contribution in [0.4, 0.5) is 0 Å². The van der Waals surface area contributed by atoms with Crippen molar-refractivity contribution in [2.75, 3.05) is 20.3 Å². The van der Waals surface area contributed by atoms with Crippen molar-refractivity contribution in [3.8, 4) is 11.5 Å². The van der Waals surface area contributed by atoms with E-state index in [1.807, 2.05) is 31.2 Å². The van der Waals surface area contributed by atoms with Crippen molar-refractivity contribution in [3.05, 3.63) is 24.3 Å². The Balaban J connectivity index is 1.81. The summed E-state index contributed by atoms with van der Waals surface area (Å²) in [5.74, 6) is 1.30. The minimum Gasteiger partial charge on any atom is -0.497 e. The van der Waals surface area contributed by atoms with Crippen LogP contribution in [0, 0.1) is 0 Å². The molecular formula is C16H23NO4. The predicted molar refractivity (Wildman–Crippen MR) is 79.7 cm³/mol. The van der Waals surface area contributed by atoms with Gasteiger partial charge in [0.25, 0.3) is 0 Å². The van der Waals surface area contributed by atoms with Crippen molar-refractivity contribution < 1.29 is 19.0 Å². The topological polar surface area (TPSA) is 56.8 Å². The van der Waals surface area contributed by atoms with Gasteiger partial charge in [0, 0.05) is 18.5 Å². The molecule has 1 aromatic carbocycles. The number of esters is 1. The van der Waals surface area contributed by atoms with Crippen LogP contribution in [0.25, 0.3) is 0 Å². The molecule has 1 aliphatic carbocycles. The molecule has 5 nitrogen and oxygen atoms in total. The molecule has 1 saturated carbocycles. The summed E-state index contributed by atoms with van der Waals surface area (Å²) < 4.78 is 15.9. The molecular weight excluding hydrogens is 270 g/mol. The summed E-state index contributed by atoms with van der Waals surface area (Å²) in [6.45, 7) is 2.67. The van der Waals surface area contributed by atoms with Crippen LogP contribution < -0.4 is 14.8 Å². The van der Waals surface area contributed by atoms with Gasteiger partial charge in [-0.15, -0.1) is 0 Å². The maximum atomic E-state index is 11.9. The maximum absolute atomic E-state index is 11.9. The zero-order valence-electron chi connectivity index (χ0n) is 12.6. The highest BCUT2D eigenvalue weighted by atomic mass is 16.5. The Kier molecular flexibility index (Phi) is 5.87. The van der Waals surface area contributed by atoms with Crippen molar-refractivity contribution in [3.63, 3.8) is 0 Å². The van der Waals surface area contributed by atoms with Crippen molar-refractivity contribution >= 4 is 5.97 Å². The minimum atomic E-state index is -0.289. The van der Waals surface area contributed by atoms with Crippen LogP contribution in [0.15, 0.2) is 24.3 Å². The Morgan fingerprint density at radius 1 is 1.38 bits per heavy atom. The van der Waals surface area contributed by atoms with Gasteiger partial charge in [-0.3, -0.25) is 4.79 Å². The first-order chi connectivity index (χ1) is 10.2. The standard InChI is InChI=1S/C16H23NO4/c1-3-20-16(18)15(17-12-7-8-12)9-10-21-14-6-4-5-13(11-14)19-2/h4-6,11-12,15,17H,3,7-10H2,1-2H3. The zero-order valence-corrected chi connectivity index (χ0v) is 12.6. The molecule has 0 aromatic heterocycles. The Hall–Kier alpha value is -1.75. The van der Waals surface area contributed by atoms with Crippen LogP contribution in [0.3, 0.4) is 0 Å². The van der Waals surface area contributed by atoms with Gasteiger partial charge in [-0.25, -0.2) is 0 Å². The number of carbonyl (C=O) groups is 1. The lowest BCUT2D eigenvalue weighted by Gasteiger charge is -2.17. The lowest BCUT2D eigenvalue weighted by atomic mass is 10.2. The van der Waals surface area contributed by atoms with E-state index >= 15 is 0 Å². The lowest BCUT2D eigenvalue weighted by Crippen LogP contribution is -2.40. The van der Waals surface area contributed by atoms with Crippen molar-refractivity contribution in [2.24, 2.45) is 0 Å². The van der Waals surface area contributed by atoms with E-state index in [1.165, 1.54) is 0 Å². The Labute approximate surface area is 125 Å². The first-order valence-electron chi connectivity index (χ1n) is 7.42. The van der Waals surface area contributed by atoms with Gasteiger partial charge < -0.3 is 19.5 Å². The molecule has 1 aliphatic rings. The van der Waals surface area contributed by atoms with Gasteiger partial charge in [0.2, 0.25) is 0 Å². The number of hydrogen-bond acceptors (Lipinski definition) is 5. The molecule has 0 bridgehead atoms. The number of carbonyl (C=O) groups excluding carboxylic acids is 1. The third kappa shape index (κ3) is 5.27. The van der Waals surface area contributed by atoms with Crippen LogP contribution >= 0.6 is 0 Å². The van der Waals surface area contributed by atoms with Gasteiger partial charge in [-0.2, -0.15) is 0 Å². The van der Waals surface area contributed by atoms with E-state index < -0.39 is 0 Å². The van der Waals surface area contributed by atoms with E-state index in [0.717, 1.165) is 24.3 Å². The minimum absolute atomic E-state index is 0.196. The fourth-order valence-corrected chi connectivity index (χ4v) is 2.03. The van der Waals surface area contributed by atoms with E-state index in [2.05, 4.69) is 5.32 Å². The van der Waals surface area contributed by atoms with Crippen LogP contribution in [-0.4, -0.2) is 38.4 Å². The third-order valence-electron chi connectivity index (χ3n) is 3.30. The molecule has 1 aromatic rings. The second-order valence-corrected chi connectivity index (χ2v) is 5.06. The van der Waals surface area contributed by atoms with E-state index in [-0.39, 0.29) is 12.0 Å². The number of ether oxygens (including phenoxy) is 3. The molecule has 0 aliphatic heterocycles.